The predicted octanol–water partition coefficient (Wildman–Crippen LogP) is 3.27. The van der Waals surface area contributed by atoms with Crippen molar-refractivity contribution < 1.29 is 14.5 Å². The van der Waals surface area contributed by atoms with E-state index >= 15 is 0 Å². The topological polar surface area (TPSA) is 101 Å². The summed E-state index contributed by atoms with van der Waals surface area (Å²) in [6.45, 7) is 0.150. The molecule has 0 saturated heterocycles. The van der Waals surface area contributed by atoms with Crippen LogP contribution in [0.3, 0.4) is 0 Å². The van der Waals surface area contributed by atoms with Crippen LogP contribution in [0.1, 0.15) is 27.4 Å². The summed E-state index contributed by atoms with van der Waals surface area (Å²) in [6.07, 6.45) is 0. The Morgan fingerprint density at radius 3 is 2.00 bits per heavy atom. The first kappa shape index (κ1) is 20.7. The second-order valence-corrected chi connectivity index (χ2v) is 6.67. The zero-order chi connectivity index (χ0) is 21.3. The molecule has 7 nitrogen and oxygen atoms in total. The van der Waals surface area contributed by atoms with E-state index in [4.69, 9.17) is 0 Å². The van der Waals surface area contributed by atoms with Crippen molar-refractivity contribution in [1.29, 1.82) is 0 Å². The maximum atomic E-state index is 12.3. The molecule has 0 radical (unpaired) electrons. The van der Waals surface area contributed by atoms with E-state index in [0.29, 0.717) is 6.54 Å². The summed E-state index contributed by atoms with van der Waals surface area (Å²) in [6, 6.07) is 25.1. The fourth-order valence-electron chi connectivity index (χ4n) is 3.10. The predicted molar refractivity (Wildman–Crippen MR) is 113 cm³/mol. The average molecular weight is 403 g/mol. The van der Waals surface area contributed by atoms with Crippen molar-refractivity contribution >= 4 is 17.5 Å². The number of non-ortho nitro benzene ring substituents is 1. The Morgan fingerprint density at radius 1 is 0.833 bits per heavy atom. The maximum Gasteiger partial charge on any atom is 0.270 e. The molecule has 0 bridgehead atoms. The molecule has 0 saturated carbocycles. The molecule has 0 fully saturated rings. The summed E-state index contributed by atoms with van der Waals surface area (Å²) < 4.78 is 0. The molecular weight excluding hydrogens is 382 g/mol. The number of rotatable bonds is 8. The van der Waals surface area contributed by atoms with E-state index in [-0.39, 0.29) is 29.6 Å². The number of amides is 2. The first-order valence-electron chi connectivity index (χ1n) is 9.44. The lowest BCUT2D eigenvalue weighted by Gasteiger charge is -2.19. The molecule has 0 aliphatic rings. The monoisotopic (exact) mass is 403 g/mol. The molecule has 0 aliphatic carbocycles. The Kier molecular flexibility index (Phi) is 6.89. The summed E-state index contributed by atoms with van der Waals surface area (Å²) in [7, 11) is 0. The van der Waals surface area contributed by atoms with Crippen molar-refractivity contribution in [2.75, 3.05) is 13.1 Å². The highest BCUT2D eigenvalue weighted by Gasteiger charge is 2.16. The Balaban J connectivity index is 1.59. The van der Waals surface area contributed by atoms with Gasteiger partial charge in [-0.15, -0.1) is 0 Å². The highest BCUT2D eigenvalue weighted by Crippen LogP contribution is 2.23. The summed E-state index contributed by atoms with van der Waals surface area (Å²) in [5, 5.41) is 16.2. The Hall–Kier alpha value is -4.00. The lowest BCUT2D eigenvalue weighted by molar-refractivity contribution is -0.384. The highest BCUT2D eigenvalue weighted by atomic mass is 16.6. The van der Waals surface area contributed by atoms with E-state index in [1.807, 2.05) is 60.7 Å². The van der Waals surface area contributed by atoms with E-state index < -0.39 is 10.8 Å². The van der Waals surface area contributed by atoms with E-state index in [2.05, 4.69) is 10.6 Å². The van der Waals surface area contributed by atoms with Crippen LogP contribution < -0.4 is 10.6 Å². The highest BCUT2D eigenvalue weighted by molar-refractivity contribution is 5.96. The van der Waals surface area contributed by atoms with Crippen LogP contribution in [-0.4, -0.2) is 29.8 Å². The second-order valence-electron chi connectivity index (χ2n) is 6.67. The van der Waals surface area contributed by atoms with Crippen molar-refractivity contribution in [3.05, 3.63) is 112 Å². The Labute approximate surface area is 173 Å². The van der Waals surface area contributed by atoms with Crippen LogP contribution in [0.4, 0.5) is 5.69 Å². The van der Waals surface area contributed by atoms with Crippen LogP contribution in [-0.2, 0) is 4.79 Å². The lowest BCUT2D eigenvalue weighted by atomic mass is 9.91. The number of hydrogen-bond donors (Lipinski definition) is 2. The summed E-state index contributed by atoms with van der Waals surface area (Å²) in [4.78, 5) is 34.7. The first-order chi connectivity index (χ1) is 14.5. The first-order valence-corrected chi connectivity index (χ1v) is 9.44. The van der Waals surface area contributed by atoms with Gasteiger partial charge >= 0.3 is 0 Å². The molecular formula is C23H21N3O4. The van der Waals surface area contributed by atoms with E-state index in [1.165, 1.54) is 24.3 Å². The van der Waals surface area contributed by atoms with Gasteiger partial charge in [0.1, 0.15) is 0 Å². The van der Waals surface area contributed by atoms with Gasteiger partial charge < -0.3 is 10.6 Å². The molecule has 2 N–H and O–H groups in total. The van der Waals surface area contributed by atoms with Gasteiger partial charge in [0.2, 0.25) is 5.91 Å². The third kappa shape index (κ3) is 5.51. The largest absolute Gasteiger partial charge is 0.354 e. The minimum absolute atomic E-state index is 0.0242. The fraction of sp³-hybridized carbons (Fsp3) is 0.130. The fourth-order valence-corrected chi connectivity index (χ4v) is 3.10. The number of carbonyl (C=O) groups excluding carboxylic acids is 2. The van der Waals surface area contributed by atoms with Crippen molar-refractivity contribution in [1.82, 2.24) is 10.6 Å². The number of carbonyl (C=O) groups is 2. The molecule has 3 rings (SSSR count). The second kappa shape index (κ2) is 9.97. The van der Waals surface area contributed by atoms with Crippen LogP contribution in [0.5, 0.6) is 0 Å². The maximum absolute atomic E-state index is 12.3. The standard InChI is InChI=1S/C23H21N3O4/c27-22(16-25-23(28)19-12-7-13-20(14-19)26(29)30)24-15-21(17-8-3-1-4-9-17)18-10-5-2-6-11-18/h1-14,21H,15-16H2,(H,24,27)(H,25,28). The smallest absolute Gasteiger partial charge is 0.270 e. The molecule has 3 aromatic carbocycles. The number of nitro groups is 1. The van der Waals surface area contributed by atoms with Gasteiger partial charge in [0.05, 0.1) is 11.5 Å². The van der Waals surface area contributed by atoms with E-state index in [1.54, 1.807) is 0 Å². The minimum Gasteiger partial charge on any atom is -0.354 e. The van der Waals surface area contributed by atoms with Crippen molar-refractivity contribution in [3.63, 3.8) is 0 Å². The molecule has 0 aliphatic heterocycles. The zero-order valence-electron chi connectivity index (χ0n) is 16.2. The zero-order valence-corrected chi connectivity index (χ0v) is 16.2. The molecule has 2 amide bonds. The van der Waals surface area contributed by atoms with Gasteiger partial charge in [0.25, 0.3) is 11.6 Å². The van der Waals surface area contributed by atoms with Gasteiger partial charge in [0, 0.05) is 30.2 Å². The molecule has 152 valence electrons. The molecule has 0 spiro atoms. The summed E-state index contributed by atoms with van der Waals surface area (Å²) in [5.74, 6) is -0.911. The number of nitrogens with one attached hydrogen (secondary N) is 2. The van der Waals surface area contributed by atoms with E-state index in [9.17, 15) is 19.7 Å². The van der Waals surface area contributed by atoms with Gasteiger partial charge in [0.15, 0.2) is 0 Å². The van der Waals surface area contributed by atoms with E-state index in [0.717, 1.165) is 11.1 Å². The number of benzene rings is 3. The van der Waals surface area contributed by atoms with Crippen LogP contribution in [0.25, 0.3) is 0 Å². The minimum atomic E-state index is -0.573. The molecule has 30 heavy (non-hydrogen) atoms. The molecule has 7 heteroatoms. The third-order valence-electron chi connectivity index (χ3n) is 4.64. The molecule has 0 unspecified atom stereocenters. The van der Waals surface area contributed by atoms with Crippen LogP contribution in [0, 0.1) is 10.1 Å². The van der Waals surface area contributed by atoms with Gasteiger partial charge in [-0.05, 0) is 17.2 Å². The van der Waals surface area contributed by atoms with Crippen molar-refractivity contribution in [2.24, 2.45) is 0 Å². The quantitative estimate of drug-likeness (QED) is 0.445. The van der Waals surface area contributed by atoms with Crippen molar-refractivity contribution in [2.45, 2.75) is 5.92 Å². The average Bonchev–Trinajstić information content (AvgIpc) is 2.79. The Bertz CT molecular complexity index is 983. The number of nitro benzene ring substituents is 1. The summed E-state index contributed by atoms with van der Waals surface area (Å²) in [5.41, 5.74) is 2.10. The molecule has 0 aromatic heterocycles. The summed E-state index contributed by atoms with van der Waals surface area (Å²) >= 11 is 0. The lowest BCUT2D eigenvalue weighted by Crippen LogP contribution is -2.38. The van der Waals surface area contributed by atoms with Crippen LogP contribution in [0.15, 0.2) is 84.9 Å². The normalized spacial score (nSPS) is 10.4. The Morgan fingerprint density at radius 2 is 1.43 bits per heavy atom. The van der Waals surface area contributed by atoms with Crippen LogP contribution >= 0.6 is 0 Å². The van der Waals surface area contributed by atoms with Gasteiger partial charge in [-0.2, -0.15) is 0 Å². The van der Waals surface area contributed by atoms with Gasteiger partial charge in [-0.1, -0.05) is 66.7 Å². The van der Waals surface area contributed by atoms with Crippen LogP contribution in [0.2, 0.25) is 0 Å². The SMILES string of the molecule is O=C(CNC(=O)c1cccc([N+](=O)[O-])c1)NCC(c1ccccc1)c1ccccc1. The number of hydrogen-bond acceptors (Lipinski definition) is 4. The molecule has 3 aromatic rings. The molecule has 0 atom stereocenters. The molecule has 0 heterocycles. The number of nitrogens with zero attached hydrogens (tertiary/aromatic N) is 1. The van der Waals surface area contributed by atoms with Gasteiger partial charge in [-0.3, -0.25) is 19.7 Å². The van der Waals surface area contributed by atoms with Gasteiger partial charge in [-0.25, -0.2) is 0 Å². The third-order valence-corrected chi connectivity index (χ3v) is 4.64. The van der Waals surface area contributed by atoms with Crippen molar-refractivity contribution in [3.8, 4) is 0 Å².